The van der Waals surface area contributed by atoms with Crippen molar-refractivity contribution >= 4 is 27.1 Å². The summed E-state index contributed by atoms with van der Waals surface area (Å²) in [6.07, 6.45) is 1.72. The molecule has 0 radical (unpaired) electrons. The molecule has 1 atom stereocenters. The zero-order valence-corrected chi connectivity index (χ0v) is 13.9. The fourth-order valence-electron chi connectivity index (χ4n) is 2.74. The Labute approximate surface area is 138 Å². The molecule has 1 aromatic carbocycles. The smallest absolute Gasteiger partial charge is 0.247 e. The normalized spacial score (nSPS) is 20.0. The Kier molecular flexibility index (Phi) is 3.31. The van der Waals surface area contributed by atoms with Crippen LogP contribution in [-0.4, -0.2) is 31.6 Å². The van der Waals surface area contributed by atoms with Crippen molar-refractivity contribution in [2.45, 2.75) is 12.5 Å². The second-order valence-electron chi connectivity index (χ2n) is 5.39. The predicted octanol–water partition coefficient (Wildman–Crippen LogP) is 2.59. The van der Waals surface area contributed by atoms with Gasteiger partial charge in [-0.3, -0.25) is 0 Å². The highest BCUT2D eigenvalue weighted by molar-refractivity contribution is 7.88. The van der Waals surface area contributed by atoms with Crippen molar-refractivity contribution in [1.82, 2.24) is 4.41 Å². The molecule has 0 N–H and O–H groups in total. The van der Waals surface area contributed by atoms with Gasteiger partial charge in [-0.05, 0) is 29.6 Å². The Morgan fingerprint density at radius 1 is 1.26 bits per heavy atom. The Morgan fingerprint density at radius 3 is 2.83 bits per heavy atom. The minimum absolute atomic E-state index is 0.207. The average molecular weight is 350 g/mol. The number of hydrogen-bond acceptors (Lipinski definition) is 6. The topological polar surface area (TPSA) is 68.2 Å². The fourth-order valence-corrected chi connectivity index (χ4v) is 4.51. The molecule has 120 valence electrons. The SMILES string of the molecule is CS(=O)(=O)N1N=C(c2ccc3c(c2)OCO3)C[C@@H]1c1cccs1. The van der Waals surface area contributed by atoms with Crippen LogP contribution in [0.1, 0.15) is 22.9 Å². The van der Waals surface area contributed by atoms with Gasteiger partial charge in [0.2, 0.25) is 16.8 Å². The number of sulfonamides is 1. The van der Waals surface area contributed by atoms with Gasteiger partial charge in [-0.2, -0.15) is 9.52 Å². The van der Waals surface area contributed by atoms with Gasteiger partial charge in [0.15, 0.2) is 11.5 Å². The summed E-state index contributed by atoms with van der Waals surface area (Å²) >= 11 is 1.53. The number of hydrogen-bond donors (Lipinski definition) is 0. The minimum Gasteiger partial charge on any atom is -0.454 e. The van der Waals surface area contributed by atoms with Crippen LogP contribution in [-0.2, 0) is 10.0 Å². The lowest BCUT2D eigenvalue weighted by Crippen LogP contribution is -2.25. The van der Waals surface area contributed by atoms with E-state index in [0.29, 0.717) is 17.9 Å². The van der Waals surface area contributed by atoms with Gasteiger partial charge < -0.3 is 9.47 Å². The summed E-state index contributed by atoms with van der Waals surface area (Å²) < 4.78 is 36.1. The van der Waals surface area contributed by atoms with Crippen molar-refractivity contribution in [3.63, 3.8) is 0 Å². The van der Waals surface area contributed by atoms with Gasteiger partial charge >= 0.3 is 0 Å². The number of hydrazone groups is 1. The third kappa shape index (κ3) is 2.57. The summed E-state index contributed by atoms with van der Waals surface area (Å²) in [4.78, 5) is 0.981. The molecule has 2 aliphatic rings. The van der Waals surface area contributed by atoms with E-state index >= 15 is 0 Å². The molecule has 3 heterocycles. The Balaban J connectivity index is 1.72. The van der Waals surface area contributed by atoms with Gasteiger partial charge in [-0.1, -0.05) is 6.07 Å². The number of ether oxygens (including phenoxy) is 2. The number of nitrogens with zero attached hydrogens (tertiary/aromatic N) is 2. The zero-order chi connectivity index (χ0) is 16.0. The molecule has 0 bridgehead atoms. The molecule has 8 heteroatoms. The van der Waals surface area contributed by atoms with Crippen molar-refractivity contribution in [3.05, 3.63) is 46.2 Å². The van der Waals surface area contributed by atoms with Crippen LogP contribution in [0.4, 0.5) is 0 Å². The second kappa shape index (κ2) is 5.24. The highest BCUT2D eigenvalue weighted by Gasteiger charge is 2.35. The van der Waals surface area contributed by atoms with E-state index in [4.69, 9.17) is 9.47 Å². The van der Waals surface area contributed by atoms with E-state index in [9.17, 15) is 8.42 Å². The molecule has 23 heavy (non-hydrogen) atoms. The summed E-state index contributed by atoms with van der Waals surface area (Å²) in [6, 6.07) is 9.11. The molecule has 4 rings (SSSR count). The standard InChI is InChI=1S/C15H14N2O4S2/c1-23(18,19)17-12(15-3-2-6-22-15)8-11(16-17)10-4-5-13-14(7-10)21-9-20-13/h2-7,12H,8-9H2,1H3/t12-/m1/s1. The van der Waals surface area contributed by atoms with Crippen LogP contribution in [0.2, 0.25) is 0 Å². The summed E-state index contributed by atoms with van der Waals surface area (Å²) in [6.45, 7) is 0.207. The fraction of sp³-hybridized carbons (Fsp3) is 0.267. The van der Waals surface area contributed by atoms with E-state index in [-0.39, 0.29) is 12.8 Å². The molecular weight excluding hydrogens is 336 g/mol. The molecule has 6 nitrogen and oxygen atoms in total. The van der Waals surface area contributed by atoms with Crippen molar-refractivity contribution in [2.24, 2.45) is 5.10 Å². The maximum absolute atomic E-state index is 12.1. The highest BCUT2D eigenvalue weighted by Crippen LogP contribution is 2.39. The minimum atomic E-state index is -3.43. The summed E-state index contributed by atoms with van der Waals surface area (Å²) in [5.74, 6) is 1.36. The number of rotatable bonds is 3. The van der Waals surface area contributed by atoms with E-state index in [2.05, 4.69) is 5.10 Å². The molecule has 1 aromatic heterocycles. The maximum Gasteiger partial charge on any atom is 0.247 e. The van der Waals surface area contributed by atoms with Gasteiger partial charge in [0.1, 0.15) is 6.04 Å². The van der Waals surface area contributed by atoms with Crippen molar-refractivity contribution in [3.8, 4) is 11.5 Å². The Hall–Kier alpha value is -2.06. The maximum atomic E-state index is 12.1. The molecule has 0 saturated heterocycles. The second-order valence-corrected chi connectivity index (χ2v) is 8.21. The van der Waals surface area contributed by atoms with Gasteiger partial charge in [0.05, 0.1) is 12.0 Å². The van der Waals surface area contributed by atoms with Crippen molar-refractivity contribution < 1.29 is 17.9 Å². The van der Waals surface area contributed by atoms with E-state index in [1.807, 2.05) is 35.7 Å². The first-order chi connectivity index (χ1) is 11.0. The molecular formula is C15H14N2O4S2. The van der Waals surface area contributed by atoms with Crippen LogP contribution in [0.3, 0.4) is 0 Å². The zero-order valence-electron chi connectivity index (χ0n) is 12.3. The lowest BCUT2D eigenvalue weighted by Gasteiger charge is -2.19. The number of benzene rings is 1. The van der Waals surface area contributed by atoms with Gasteiger partial charge in [-0.25, -0.2) is 8.42 Å². The molecule has 0 unspecified atom stereocenters. The van der Waals surface area contributed by atoms with Crippen LogP contribution < -0.4 is 9.47 Å². The van der Waals surface area contributed by atoms with Crippen LogP contribution in [0.15, 0.2) is 40.8 Å². The first kappa shape index (κ1) is 14.5. The molecule has 0 amide bonds. The van der Waals surface area contributed by atoms with Crippen molar-refractivity contribution in [2.75, 3.05) is 13.0 Å². The van der Waals surface area contributed by atoms with Gasteiger partial charge in [0.25, 0.3) is 0 Å². The van der Waals surface area contributed by atoms with E-state index < -0.39 is 10.0 Å². The molecule has 0 fully saturated rings. The van der Waals surface area contributed by atoms with Crippen LogP contribution in [0, 0.1) is 0 Å². The van der Waals surface area contributed by atoms with E-state index in [0.717, 1.165) is 16.2 Å². The first-order valence-electron chi connectivity index (χ1n) is 7.03. The van der Waals surface area contributed by atoms with Gasteiger partial charge in [-0.15, -0.1) is 11.3 Å². The largest absolute Gasteiger partial charge is 0.454 e. The van der Waals surface area contributed by atoms with E-state index in [1.54, 1.807) is 0 Å². The van der Waals surface area contributed by atoms with Crippen molar-refractivity contribution in [1.29, 1.82) is 0 Å². The van der Waals surface area contributed by atoms with Crippen LogP contribution in [0.25, 0.3) is 0 Å². The lowest BCUT2D eigenvalue weighted by molar-refractivity contribution is 0.174. The third-order valence-electron chi connectivity index (χ3n) is 3.79. The highest BCUT2D eigenvalue weighted by atomic mass is 32.2. The summed E-state index contributed by atoms with van der Waals surface area (Å²) in [5, 5.41) is 6.30. The van der Waals surface area contributed by atoms with Gasteiger partial charge in [0, 0.05) is 16.9 Å². The first-order valence-corrected chi connectivity index (χ1v) is 9.75. The molecule has 2 aliphatic heterocycles. The average Bonchev–Trinajstić information content (AvgIpc) is 3.24. The summed E-state index contributed by atoms with van der Waals surface area (Å²) in [7, 11) is -3.43. The molecule has 0 spiro atoms. The molecule has 0 aliphatic carbocycles. The monoisotopic (exact) mass is 350 g/mol. The molecule has 0 saturated carbocycles. The predicted molar refractivity (Wildman–Crippen MR) is 87.5 cm³/mol. The Morgan fingerprint density at radius 2 is 2.09 bits per heavy atom. The van der Waals surface area contributed by atoms with Crippen LogP contribution in [0.5, 0.6) is 11.5 Å². The Bertz CT molecular complexity index is 875. The van der Waals surface area contributed by atoms with Crippen LogP contribution >= 0.6 is 11.3 Å². The summed E-state index contributed by atoms with van der Waals surface area (Å²) in [5.41, 5.74) is 1.58. The number of fused-ring (bicyclic) bond motifs is 1. The quantitative estimate of drug-likeness (QED) is 0.853. The lowest BCUT2D eigenvalue weighted by atomic mass is 10.0. The third-order valence-corrected chi connectivity index (χ3v) is 5.78. The number of thiophene rings is 1. The van der Waals surface area contributed by atoms with E-state index in [1.165, 1.54) is 22.0 Å². The molecule has 2 aromatic rings.